The minimum absolute atomic E-state index is 0.610. The van der Waals surface area contributed by atoms with Crippen molar-refractivity contribution in [2.24, 2.45) is 0 Å². The number of fused-ring (bicyclic) bond motifs is 18. The van der Waals surface area contributed by atoms with Crippen molar-refractivity contribution in [1.82, 2.24) is 28.7 Å². The van der Waals surface area contributed by atoms with Crippen molar-refractivity contribution >= 4 is 71.1 Å². The second-order valence-corrected chi connectivity index (χ2v) is 17.5. The fraction of sp³-hybridized carbons (Fsp3) is 0.0169. The lowest BCUT2D eigenvalue weighted by molar-refractivity contribution is 0.435. The molecule has 1 unspecified atom stereocenters. The van der Waals surface area contributed by atoms with Crippen molar-refractivity contribution in [1.29, 1.82) is 0 Å². The van der Waals surface area contributed by atoms with E-state index in [1.54, 1.807) is 0 Å². The molecule has 0 bridgehead atoms. The van der Waals surface area contributed by atoms with E-state index < -0.39 is 5.41 Å². The molecule has 1 aliphatic heterocycles. The zero-order valence-corrected chi connectivity index (χ0v) is 35.6. The third kappa shape index (κ3) is 4.61. The summed E-state index contributed by atoms with van der Waals surface area (Å²) in [5.41, 5.74) is 14.6. The number of pyridine rings is 3. The van der Waals surface area contributed by atoms with Gasteiger partial charge in [-0.15, -0.1) is 0 Å². The first-order valence-corrected chi connectivity index (χ1v) is 22.4. The standard InChI is InChI=1S/C59H33N7O/c1-60-35-23-26-51-43(30-35)41-15-5-8-19-49(41)64(51)36-24-25-44-55(32-36)67-54-22-10-21-52(66-50-20-9-4-14-40(50)42-27-29-61-34-53(42)66)56(54)59(44)45-16-11-28-62-57(45)58-46(59)31-37(33-63-58)65-47-17-6-2-12-38(47)39-13-3-7-18-48(39)65/h2-34H. The second-order valence-electron chi connectivity index (χ2n) is 17.5. The van der Waals surface area contributed by atoms with Gasteiger partial charge in [-0.25, -0.2) is 4.85 Å². The SMILES string of the molecule is [C-]#[N+]c1ccc2c(c1)c1ccccc1n2-c1ccc2c(c1)Oc1cccc(-n3c4ccccc4c4ccncc43)c1C21c2cccnc2-c2ncc(-n3c4ccccc4c4ccccc43)cc21. The fourth-order valence-corrected chi connectivity index (χ4v) is 11.7. The van der Waals surface area contributed by atoms with E-state index in [0.29, 0.717) is 5.69 Å². The van der Waals surface area contributed by atoms with Gasteiger partial charge in [-0.2, -0.15) is 0 Å². The molecule has 0 radical (unpaired) electrons. The molecule has 0 N–H and O–H groups in total. The lowest BCUT2D eigenvalue weighted by Gasteiger charge is -2.40. The maximum absolute atomic E-state index is 7.80. The minimum atomic E-state index is -0.954. The smallest absolute Gasteiger partial charge is 0.188 e. The molecule has 1 spiro atoms. The van der Waals surface area contributed by atoms with Gasteiger partial charge in [-0.3, -0.25) is 15.0 Å². The van der Waals surface area contributed by atoms with Crippen LogP contribution in [0.1, 0.15) is 22.3 Å². The molecule has 8 nitrogen and oxygen atoms in total. The van der Waals surface area contributed by atoms with Crippen LogP contribution in [0.25, 0.3) is 98.7 Å². The van der Waals surface area contributed by atoms with Crippen molar-refractivity contribution in [3.63, 3.8) is 0 Å². The molecule has 8 heteroatoms. The number of ether oxygens (including phenoxy) is 1. The zero-order chi connectivity index (χ0) is 44.0. The first-order valence-electron chi connectivity index (χ1n) is 22.4. The highest BCUT2D eigenvalue weighted by molar-refractivity contribution is 6.12. The van der Waals surface area contributed by atoms with Crippen LogP contribution < -0.4 is 4.74 Å². The Hall–Kier alpha value is -9.32. The molecule has 1 aliphatic carbocycles. The Kier molecular flexibility index (Phi) is 7.07. The van der Waals surface area contributed by atoms with Crippen molar-refractivity contribution in [3.8, 4) is 39.9 Å². The van der Waals surface area contributed by atoms with Gasteiger partial charge in [-0.05, 0) is 83.7 Å². The second kappa shape index (κ2) is 13.1. The third-order valence-corrected chi connectivity index (χ3v) is 14.3. The van der Waals surface area contributed by atoms with Gasteiger partial charge in [0.25, 0.3) is 0 Å². The van der Waals surface area contributed by atoms with Crippen molar-refractivity contribution in [3.05, 3.63) is 234 Å². The Balaban J connectivity index is 1.08. The van der Waals surface area contributed by atoms with E-state index in [2.05, 4.69) is 181 Å². The monoisotopic (exact) mass is 855 g/mol. The predicted molar refractivity (Wildman–Crippen MR) is 266 cm³/mol. The first kappa shape index (κ1) is 36.1. The third-order valence-electron chi connectivity index (χ3n) is 14.3. The van der Waals surface area contributed by atoms with E-state index in [4.69, 9.17) is 21.3 Å². The van der Waals surface area contributed by atoms with Gasteiger partial charge in [-0.1, -0.05) is 97.1 Å². The van der Waals surface area contributed by atoms with E-state index in [1.165, 1.54) is 10.8 Å². The summed E-state index contributed by atoms with van der Waals surface area (Å²) in [5.74, 6) is 1.48. The molecule has 310 valence electrons. The topological polar surface area (TPSA) is 67.1 Å². The van der Waals surface area contributed by atoms with Crippen LogP contribution in [0.3, 0.4) is 0 Å². The van der Waals surface area contributed by atoms with Crippen LogP contribution in [0.15, 0.2) is 201 Å². The van der Waals surface area contributed by atoms with E-state index in [9.17, 15) is 0 Å². The summed E-state index contributed by atoms with van der Waals surface area (Å²) in [4.78, 5) is 19.1. The van der Waals surface area contributed by atoms with E-state index in [0.717, 1.165) is 117 Å². The van der Waals surface area contributed by atoms with Gasteiger partial charge in [0.2, 0.25) is 0 Å². The molecule has 7 heterocycles. The Morgan fingerprint density at radius 3 is 1.81 bits per heavy atom. The van der Waals surface area contributed by atoms with Crippen LogP contribution in [-0.4, -0.2) is 28.7 Å². The van der Waals surface area contributed by atoms with Crippen LogP contribution in [0.2, 0.25) is 0 Å². The lowest BCUT2D eigenvalue weighted by Crippen LogP contribution is -2.34. The number of nitrogens with zero attached hydrogens (tertiary/aromatic N) is 7. The Labute approximate surface area is 382 Å². The van der Waals surface area contributed by atoms with Crippen LogP contribution >= 0.6 is 0 Å². The van der Waals surface area contributed by atoms with Crippen molar-refractivity contribution in [2.45, 2.75) is 5.41 Å². The summed E-state index contributed by atoms with van der Waals surface area (Å²) in [6.45, 7) is 7.80. The number of hydrogen-bond donors (Lipinski definition) is 0. The highest BCUT2D eigenvalue weighted by atomic mass is 16.5. The number of aromatic nitrogens is 6. The van der Waals surface area contributed by atoms with E-state index in [1.807, 2.05) is 43.0 Å². The summed E-state index contributed by atoms with van der Waals surface area (Å²) in [5, 5.41) is 6.76. The Morgan fingerprint density at radius 2 is 1.07 bits per heavy atom. The highest BCUT2D eigenvalue weighted by Crippen LogP contribution is 2.63. The molecule has 1 atom stereocenters. The first-order chi connectivity index (χ1) is 33.2. The molecule has 6 aromatic heterocycles. The predicted octanol–water partition coefficient (Wildman–Crippen LogP) is 14.2. The molecular formula is C59H33N7O. The minimum Gasteiger partial charge on any atom is -0.457 e. The molecule has 13 aromatic rings. The summed E-state index contributed by atoms with van der Waals surface area (Å²) in [7, 11) is 0. The molecule has 67 heavy (non-hydrogen) atoms. The van der Waals surface area contributed by atoms with Crippen molar-refractivity contribution in [2.75, 3.05) is 0 Å². The van der Waals surface area contributed by atoms with Gasteiger partial charge in [0.1, 0.15) is 11.5 Å². The number of benzene rings is 7. The van der Waals surface area contributed by atoms with Gasteiger partial charge >= 0.3 is 0 Å². The van der Waals surface area contributed by atoms with Crippen LogP contribution in [-0.2, 0) is 5.41 Å². The fourth-order valence-electron chi connectivity index (χ4n) is 11.7. The number of rotatable bonds is 3. The molecule has 0 saturated carbocycles. The van der Waals surface area contributed by atoms with Gasteiger partial charge in [0, 0.05) is 67.8 Å². The summed E-state index contributed by atoms with van der Waals surface area (Å²) in [6, 6.07) is 62.0. The maximum atomic E-state index is 7.80. The lowest BCUT2D eigenvalue weighted by atomic mass is 9.65. The summed E-state index contributed by atoms with van der Waals surface area (Å²) >= 11 is 0. The van der Waals surface area contributed by atoms with E-state index in [-0.39, 0.29) is 0 Å². The average Bonchev–Trinajstić information content (AvgIpc) is 4.10. The largest absolute Gasteiger partial charge is 0.457 e. The van der Waals surface area contributed by atoms with Crippen LogP contribution in [0, 0.1) is 6.57 Å². The van der Waals surface area contributed by atoms with Gasteiger partial charge in [0.05, 0.1) is 80.2 Å². The molecule has 0 saturated heterocycles. The number of para-hydroxylation sites is 4. The number of hydrogen-bond acceptors (Lipinski definition) is 4. The molecule has 0 fully saturated rings. The Bertz CT molecular complexity index is 4250. The molecule has 7 aromatic carbocycles. The molecule has 0 amide bonds. The quantitative estimate of drug-likeness (QED) is 0.166. The van der Waals surface area contributed by atoms with E-state index >= 15 is 0 Å². The van der Waals surface area contributed by atoms with Crippen LogP contribution in [0.5, 0.6) is 11.5 Å². The Morgan fingerprint density at radius 1 is 0.433 bits per heavy atom. The van der Waals surface area contributed by atoms with Gasteiger partial charge in [0.15, 0.2) is 5.69 Å². The molecule has 15 rings (SSSR count). The summed E-state index contributed by atoms with van der Waals surface area (Å²) < 4.78 is 14.3. The highest BCUT2D eigenvalue weighted by Gasteiger charge is 2.54. The van der Waals surface area contributed by atoms with Gasteiger partial charge < -0.3 is 18.4 Å². The van der Waals surface area contributed by atoms with Crippen LogP contribution in [0.4, 0.5) is 5.69 Å². The average molecular weight is 856 g/mol. The van der Waals surface area contributed by atoms with Crippen molar-refractivity contribution < 1.29 is 4.74 Å². The normalized spacial score (nSPS) is 14.7. The zero-order valence-electron chi connectivity index (χ0n) is 35.6. The maximum Gasteiger partial charge on any atom is 0.188 e. The summed E-state index contributed by atoms with van der Waals surface area (Å²) in [6.07, 6.45) is 7.72. The molecular weight excluding hydrogens is 823 g/mol. The molecule has 2 aliphatic rings.